The van der Waals surface area contributed by atoms with Gasteiger partial charge in [0.05, 0.1) is 18.6 Å². The molecular weight excluding hydrogens is 311 g/mol. The van der Waals surface area contributed by atoms with Crippen molar-refractivity contribution in [2.45, 2.75) is 12.8 Å². The fourth-order valence-electron chi connectivity index (χ4n) is 4.10. The molecule has 24 heavy (non-hydrogen) atoms. The van der Waals surface area contributed by atoms with Gasteiger partial charge in [0.1, 0.15) is 5.83 Å². The third-order valence-electron chi connectivity index (χ3n) is 5.36. The second kappa shape index (κ2) is 6.12. The largest absolute Gasteiger partial charge is 0.381 e. The van der Waals surface area contributed by atoms with E-state index in [1.807, 2.05) is 0 Å². The summed E-state index contributed by atoms with van der Waals surface area (Å²) in [5.41, 5.74) is -0.519. The fraction of sp³-hybridized carbons (Fsp3) is 0.588. The summed E-state index contributed by atoms with van der Waals surface area (Å²) in [6, 6.07) is 1.78. The van der Waals surface area contributed by atoms with Crippen LogP contribution in [0.15, 0.2) is 30.4 Å². The molecule has 2 saturated heterocycles. The summed E-state index contributed by atoms with van der Waals surface area (Å²) in [5, 5.41) is 0. The topological polar surface area (TPSA) is 58.6 Å². The number of carbonyl (C=O) groups excluding carboxylic acids is 1. The summed E-state index contributed by atoms with van der Waals surface area (Å²) in [6.07, 6.45) is 6.24. The maximum absolute atomic E-state index is 13.7. The average molecular weight is 332 g/mol. The molecule has 2 unspecified atom stereocenters. The third kappa shape index (κ3) is 2.56. The Morgan fingerprint density at radius 2 is 2.21 bits per heavy atom. The summed E-state index contributed by atoms with van der Waals surface area (Å²) in [5.74, 6) is 0.577. The molecule has 2 atom stereocenters. The molecule has 7 heteroatoms. The second-order valence-corrected chi connectivity index (χ2v) is 6.77. The van der Waals surface area contributed by atoms with Crippen LogP contribution >= 0.6 is 0 Å². The highest BCUT2D eigenvalue weighted by molar-refractivity contribution is 5.85. The first kappa shape index (κ1) is 15.5. The minimum atomic E-state index is -0.519. The number of aromatic nitrogens is 2. The van der Waals surface area contributed by atoms with Crippen LogP contribution in [-0.4, -0.2) is 60.2 Å². The van der Waals surface area contributed by atoms with E-state index in [4.69, 9.17) is 4.74 Å². The highest BCUT2D eigenvalue weighted by Crippen LogP contribution is 2.44. The van der Waals surface area contributed by atoms with Gasteiger partial charge in [-0.15, -0.1) is 0 Å². The van der Waals surface area contributed by atoms with Gasteiger partial charge < -0.3 is 14.5 Å². The Morgan fingerprint density at radius 3 is 3.00 bits per heavy atom. The third-order valence-corrected chi connectivity index (χ3v) is 5.36. The number of nitrogens with zero attached hydrogens (tertiary/aromatic N) is 4. The molecule has 1 amide bonds. The average Bonchev–Trinajstić information content (AvgIpc) is 3.03. The fourth-order valence-corrected chi connectivity index (χ4v) is 4.10. The van der Waals surface area contributed by atoms with Gasteiger partial charge in [-0.25, -0.2) is 14.4 Å². The molecule has 0 aliphatic carbocycles. The SMILES string of the molecule is O=C(N1CCC=C(F)C1)C12CCOCC1CN(c1ncccn1)C2. The zero-order chi connectivity index (χ0) is 16.6. The summed E-state index contributed by atoms with van der Waals surface area (Å²) < 4.78 is 19.3. The van der Waals surface area contributed by atoms with Crippen LogP contribution in [-0.2, 0) is 9.53 Å². The van der Waals surface area contributed by atoms with E-state index in [0.717, 1.165) is 0 Å². The van der Waals surface area contributed by atoms with Crippen molar-refractivity contribution in [2.24, 2.45) is 11.3 Å². The van der Waals surface area contributed by atoms with Crippen molar-refractivity contribution in [3.63, 3.8) is 0 Å². The van der Waals surface area contributed by atoms with Gasteiger partial charge in [-0.05, 0) is 25.0 Å². The van der Waals surface area contributed by atoms with Crippen molar-refractivity contribution in [2.75, 3.05) is 44.3 Å². The number of rotatable bonds is 2. The lowest BCUT2D eigenvalue weighted by Crippen LogP contribution is -2.53. The molecule has 0 saturated carbocycles. The van der Waals surface area contributed by atoms with Crippen LogP contribution in [0.3, 0.4) is 0 Å². The Bertz CT molecular complexity index is 653. The lowest BCUT2D eigenvalue weighted by molar-refractivity contribution is -0.150. The van der Waals surface area contributed by atoms with E-state index in [0.29, 0.717) is 51.6 Å². The zero-order valence-corrected chi connectivity index (χ0v) is 13.5. The van der Waals surface area contributed by atoms with Crippen LogP contribution in [0.1, 0.15) is 12.8 Å². The van der Waals surface area contributed by atoms with Crippen LogP contribution in [0.25, 0.3) is 0 Å². The first-order chi connectivity index (χ1) is 11.7. The maximum atomic E-state index is 13.7. The van der Waals surface area contributed by atoms with E-state index in [-0.39, 0.29) is 24.2 Å². The molecule has 0 bridgehead atoms. The number of anilines is 1. The van der Waals surface area contributed by atoms with E-state index in [1.165, 1.54) is 0 Å². The van der Waals surface area contributed by atoms with Gasteiger partial charge in [0.15, 0.2) is 0 Å². The van der Waals surface area contributed by atoms with Crippen molar-refractivity contribution in [3.05, 3.63) is 30.4 Å². The van der Waals surface area contributed by atoms with Crippen LogP contribution in [0.5, 0.6) is 0 Å². The van der Waals surface area contributed by atoms with Crippen LogP contribution < -0.4 is 4.90 Å². The molecule has 4 rings (SSSR count). The highest BCUT2D eigenvalue weighted by atomic mass is 19.1. The molecule has 0 spiro atoms. The van der Waals surface area contributed by atoms with Gasteiger partial charge in [0.2, 0.25) is 11.9 Å². The number of ether oxygens (including phenoxy) is 1. The van der Waals surface area contributed by atoms with Gasteiger partial charge in [-0.1, -0.05) is 0 Å². The lowest BCUT2D eigenvalue weighted by atomic mass is 9.73. The molecule has 4 heterocycles. The first-order valence-corrected chi connectivity index (χ1v) is 8.43. The molecule has 2 fully saturated rings. The van der Waals surface area contributed by atoms with Gasteiger partial charge in [-0.3, -0.25) is 4.79 Å². The second-order valence-electron chi connectivity index (χ2n) is 6.77. The Morgan fingerprint density at radius 1 is 1.38 bits per heavy atom. The predicted molar refractivity (Wildman–Crippen MR) is 86.0 cm³/mol. The van der Waals surface area contributed by atoms with Crippen molar-refractivity contribution in [3.8, 4) is 0 Å². The number of hydrogen-bond donors (Lipinski definition) is 0. The Balaban J connectivity index is 1.61. The Kier molecular flexibility index (Phi) is 3.96. The molecule has 128 valence electrons. The molecule has 3 aliphatic heterocycles. The van der Waals surface area contributed by atoms with E-state index in [1.54, 1.807) is 29.4 Å². The standard InChI is InChI=1S/C17H21FN4O2/c18-14-3-1-7-21(10-14)15(23)17-4-8-24-11-13(17)9-22(12-17)16-19-5-2-6-20-16/h2-3,5-6,13H,1,4,7-12H2. The van der Waals surface area contributed by atoms with Crippen molar-refractivity contribution < 1.29 is 13.9 Å². The van der Waals surface area contributed by atoms with E-state index < -0.39 is 5.41 Å². The predicted octanol–water partition coefficient (Wildman–Crippen LogP) is 1.41. The molecule has 3 aliphatic rings. The molecule has 1 aromatic rings. The van der Waals surface area contributed by atoms with E-state index >= 15 is 0 Å². The van der Waals surface area contributed by atoms with Crippen molar-refractivity contribution in [1.29, 1.82) is 0 Å². The Labute approximate surface area is 140 Å². The van der Waals surface area contributed by atoms with Gasteiger partial charge in [0, 0.05) is 44.6 Å². The zero-order valence-electron chi connectivity index (χ0n) is 13.5. The minimum Gasteiger partial charge on any atom is -0.381 e. The summed E-state index contributed by atoms with van der Waals surface area (Å²) in [7, 11) is 0. The van der Waals surface area contributed by atoms with Gasteiger partial charge >= 0.3 is 0 Å². The summed E-state index contributed by atoms with van der Waals surface area (Å²) >= 11 is 0. The van der Waals surface area contributed by atoms with Crippen LogP contribution in [0.4, 0.5) is 10.3 Å². The lowest BCUT2D eigenvalue weighted by Gasteiger charge is -2.41. The molecule has 0 radical (unpaired) electrons. The number of halogens is 1. The van der Waals surface area contributed by atoms with Crippen LogP contribution in [0.2, 0.25) is 0 Å². The molecule has 0 aromatic carbocycles. The summed E-state index contributed by atoms with van der Waals surface area (Å²) in [6.45, 7) is 3.08. The summed E-state index contributed by atoms with van der Waals surface area (Å²) in [4.78, 5) is 25.6. The maximum Gasteiger partial charge on any atom is 0.231 e. The van der Waals surface area contributed by atoms with Gasteiger partial charge in [-0.2, -0.15) is 0 Å². The minimum absolute atomic E-state index is 0.0532. The van der Waals surface area contributed by atoms with Crippen LogP contribution in [0, 0.1) is 11.3 Å². The number of hydrogen-bond acceptors (Lipinski definition) is 5. The first-order valence-electron chi connectivity index (χ1n) is 8.43. The van der Waals surface area contributed by atoms with Crippen molar-refractivity contribution in [1.82, 2.24) is 14.9 Å². The number of fused-ring (bicyclic) bond motifs is 1. The molecule has 0 N–H and O–H groups in total. The highest BCUT2D eigenvalue weighted by Gasteiger charge is 2.55. The van der Waals surface area contributed by atoms with Gasteiger partial charge in [0.25, 0.3) is 0 Å². The smallest absolute Gasteiger partial charge is 0.231 e. The van der Waals surface area contributed by atoms with E-state index in [2.05, 4.69) is 14.9 Å². The molecule has 6 nitrogen and oxygen atoms in total. The quantitative estimate of drug-likeness (QED) is 0.819. The Hall–Kier alpha value is -2.02. The molecular formula is C17H21FN4O2. The number of amides is 1. The van der Waals surface area contributed by atoms with Crippen molar-refractivity contribution >= 4 is 11.9 Å². The van der Waals surface area contributed by atoms with E-state index in [9.17, 15) is 9.18 Å². The molecule has 1 aromatic heterocycles. The normalized spacial score (nSPS) is 30.0. The number of carbonyl (C=O) groups is 1. The monoisotopic (exact) mass is 332 g/mol.